The number of para-hydroxylation sites is 2. The van der Waals surface area contributed by atoms with Gasteiger partial charge in [0.1, 0.15) is 11.2 Å². The molecular formula is C46H29NOS. The minimum atomic E-state index is 0.874. The van der Waals surface area contributed by atoms with E-state index in [0.717, 1.165) is 44.4 Å². The Morgan fingerprint density at radius 1 is 0.408 bits per heavy atom. The van der Waals surface area contributed by atoms with Crippen LogP contribution in [0.4, 0.5) is 17.1 Å². The number of fused-ring (bicyclic) bond motifs is 8. The molecule has 0 bridgehead atoms. The highest BCUT2D eigenvalue weighted by atomic mass is 32.1. The van der Waals surface area contributed by atoms with Crippen LogP contribution in [0.15, 0.2) is 180 Å². The van der Waals surface area contributed by atoms with E-state index in [-0.39, 0.29) is 0 Å². The van der Waals surface area contributed by atoms with Gasteiger partial charge in [-0.05, 0) is 64.5 Å². The third-order valence-electron chi connectivity index (χ3n) is 9.65. The maximum absolute atomic E-state index is 6.80. The molecule has 0 fully saturated rings. The number of benzene rings is 8. The summed E-state index contributed by atoms with van der Waals surface area (Å²) in [6, 6.07) is 62.9. The molecule has 10 rings (SSSR count). The summed E-state index contributed by atoms with van der Waals surface area (Å²) >= 11 is 1.90. The van der Waals surface area contributed by atoms with Gasteiger partial charge >= 0.3 is 0 Å². The van der Waals surface area contributed by atoms with Gasteiger partial charge < -0.3 is 9.32 Å². The zero-order valence-corrected chi connectivity index (χ0v) is 27.3. The quantitative estimate of drug-likeness (QED) is 0.186. The van der Waals surface area contributed by atoms with Crippen molar-refractivity contribution in [2.75, 3.05) is 4.90 Å². The summed E-state index contributed by atoms with van der Waals surface area (Å²) in [4.78, 5) is 2.34. The number of thiophene rings is 1. The number of rotatable bonds is 5. The normalized spacial score (nSPS) is 11.7. The lowest BCUT2D eigenvalue weighted by atomic mass is 9.94. The summed E-state index contributed by atoms with van der Waals surface area (Å²) in [5.41, 5.74) is 10.0. The van der Waals surface area contributed by atoms with Crippen LogP contribution in [0.3, 0.4) is 0 Å². The molecule has 2 nitrogen and oxygen atoms in total. The molecule has 0 aliphatic carbocycles. The minimum Gasteiger partial charge on any atom is -0.455 e. The summed E-state index contributed by atoms with van der Waals surface area (Å²) in [5.74, 6) is 0. The smallest absolute Gasteiger partial charge is 0.143 e. The van der Waals surface area contributed by atoms with Gasteiger partial charge in [0.25, 0.3) is 0 Å². The van der Waals surface area contributed by atoms with Crippen LogP contribution in [0.5, 0.6) is 0 Å². The van der Waals surface area contributed by atoms with Crippen molar-refractivity contribution >= 4 is 81.3 Å². The molecule has 0 aliphatic heterocycles. The average molecular weight is 644 g/mol. The van der Waals surface area contributed by atoms with Crippen LogP contribution in [-0.2, 0) is 0 Å². The summed E-state index contributed by atoms with van der Waals surface area (Å²) in [6.45, 7) is 0. The number of anilines is 3. The first-order valence-electron chi connectivity index (χ1n) is 16.6. The van der Waals surface area contributed by atoms with Crippen LogP contribution in [0.25, 0.3) is 75.1 Å². The molecule has 0 aliphatic rings. The zero-order valence-electron chi connectivity index (χ0n) is 26.5. The second-order valence-electron chi connectivity index (χ2n) is 12.4. The highest BCUT2D eigenvalue weighted by Gasteiger charge is 2.22. The fourth-order valence-corrected chi connectivity index (χ4v) is 8.86. The third kappa shape index (κ3) is 4.40. The molecule has 0 amide bonds. The molecule has 3 heteroatoms. The van der Waals surface area contributed by atoms with Crippen LogP contribution in [-0.4, -0.2) is 0 Å². The number of hydrogen-bond acceptors (Lipinski definition) is 3. The van der Waals surface area contributed by atoms with E-state index < -0.39 is 0 Å². The molecule has 0 saturated heterocycles. The molecule has 0 spiro atoms. The van der Waals surface area contributed by atoms with Crippen LogP contribution in [0, 0.1) is 0 Å². The van der Waals surface area contributed by atoms with Crippen molar-refractivity contribution in [2.24, 2.45) is 0 Å². The number of hydrogen-bond donors (Lipinski definition) is 0. The predicted octanol–water partition coefficient (Wildman–Crippen LogP) is 13.9. The zero-order chi connectivity index (χ0) is 32.3. The van der Waals surface area contributed by atoms with Crippen molar-refractivity contribution in [2.45, 2.75) is 0 Å². The van der Waals surface area contributed by atoms with Gasteiger partial charge in [0, 0.05) is 47.9 Å². The summed E-state index contributed by atoms with van der Waals surface area (Å²) in [5, 5.41) is 7.10. The van der Waals surface area contributed by atoms with Gasteiger partial charge in [-0.3, -0.25) is 0 Å². The lowest BCUT2D eigenvalue weighted by Crippen LogP contribution is -2.09. The Kier molecular flexibility index (Phi) is 6.39. The van der Waals surface area contributed by atoms with E-state index in [1.54, 1.807) is 0 Å². The van der Waals surface area contributed by atoms with E-state index in [0.29, 0.717) is 0 Å². The Morgan fingerprint density at radius 2 is 0.959 bits per heavy atom. The van der Waals surface area contributed by atoms with Crippen molar-refractivity contribution in [3.8, 4) is 22.3 Å². The first-order valence-corrected chi connectivity index (χ1v) is 17.4. The summed E-state index contributed by atoms with van der Waals surface area (Å²) in [6.07, 6.45) is 0. The maximum atomic E-state index is 6.80. The third-order valence-corrected chi connectivity index (χ3v) is 10.9. The van der Waals surface area contributed by atoms with E-state index in [1.165, 1.54) is 47.8 Å². The molecule has 2 heterocycles. The predicted molar refractivity (Wildman–Crippen MR) is 210 cm³/mol. The minimum absolute atomic E-state index is 0.874. The topological polar surface area (TPSA) is 16.4 Å². The number of nitrogens with zero attached hydrogens (tertiary/aromatic N) is 1. The lowest BCUT2D eigenvalue weighted by molar-refractivity contribution is 0.672. The van der Waals surface area contributed by atoms with Crippen molar-refractivity contribution in [3.63, 3.8) is 0 Å². The Hall–Kier alpha value is -6.16. The maximum Gasteiger partial charge on any atom is 0.143 e. The lowest BCUT2D eigenvalue weighted by Gasteiger charge is -2.26. The van der Waals surface area contributed by atoms with E-state index in [1.807, 2.05) is 11.3 Å². The SMILES string of the molecule is c1ccc(-c2cccc3c2sc2c(-c4cc5c(oc6cccc(N(c7ccccc7)c7ccccc7)c65)c5ccccc45)cccc23)cc1. The highest BCUT2D eigenvalue weighted by molar-refractivity contribution is 7.26. The Labute approximate surface area is 287 Å². The first-order chi connectivity index (χ1) is 24.3. The molecule has 8 aromatic carbocycles. The van der Waals surface area contributed by atoms with Gasteiger partial charge in [0.05, 0.1) is 11.1 Å². The molecule has 0 unspecified atom stereocenters. The molecule has 49 heavy (non-hydrogen) atoms. The number of furan rings is 1. The fourth-order valence-electron chi connectivity index (χ4n) is 7.50. The summed E-state index contributed by atoms with van der Waals surface area (Å²) < 4.78 is 9.41. The van der Waals surface area contributed by atoms with Crippen LogP contribution in [0.1, 0.15) is 0 Å². The molecule has 0 N–H and O–H groups in total. The van der Waals surface area contributed by atoms with Gasteiger partial charge in [0.15, 0.2) is 0 Å². The Morgan fingerprint density at radius 3 is 1.65 bits per heavy atom. The highest BCUT2D eigenvalue weighted by Crippen LogP contribution is 2.49. The second kappa shape index (κ2) is 11.2. The largest absolute Gasteiger partial charge is 0.455 e. The van der Waals surface area contributed by atoms with Gasteiger partial charge in [-0.15, -0.1) is 11.3 Å². The Balaban J connectivity index is 1.28. The van der Waals surface area contributed by atoms with Crippen molar-refractivity contribution in [1.82, 2.24) is 0 Å². The van der Waals surface area contributed by atoms with Crippen molar-refractivity contribution < 1.29 is 4.42 Å². The van der Waals surface area contributed by atoms with E-state index >= 15 is 0 Å². The first kappa shape index (κ1) is 27.9. The van der Waals surface area contributed by atoms with Crippen molar-refractivity contribution in [3.05, 3.63) is 176 Å². The van der Waals surface area contributed by atoms with Gasteiger partial charge in [-0.2, -0.15) is 0 Å². The average Bonchev–Trinajstić information content (AvgIpc) is 3.75. The fraction of sp³-hybridized carbons (Fsp3) is 0. The monoisotopic (exact) mass is 643 g/mol. The van der Waals surface area contributed by atoms with E-state index in [4.69, 9.17) is 4.42 Å². The van der Waals surface area contributed by atoms with Crippen LogP contribution >= 0.6 is 11.3 Å². The molecule has 230 valence electrons. The van der Waals surface area contributed by atoms with Gasteiger partial charge in [-0.1, -0.05) is 133 Å². The van der Waals surface area contributed by atoms with Gasteiger partial charge in [-0.25, -0.2) is 0 Å². The molecule has 10 aromatic rings. The molecule has 2 aromatic heterocycles. The summed E-state index contributed by atoms with van der Waals surface area (Å²) in [7, 11) is 0. The molecular weight excluding hydrogens is 615 g/mol. The van der Waals surface area contributed by atoms with E-state index in [2.05, 4.69) is 181 Å². The second-order valence-corrected chi connectivity index (χ2v) is 13.5. The Bertz CT molecular complexity index is 2780. The molecule has 0 radical (unpaired) electrons. The van der Waals surface area contributed by atoms with Crippen molar-refractivity contribution in [1.29, 1.82) is 0 Å². The molecule has 0 saturated carbocycles. The van der Waals surface area contributed by atoms with Crippen LogP contribution < -0.4 is 4.90 Å². The van der Waals surface area contributed by atoms with Crippen LogP contribution in [0.2, 0.25) is 0 Å². The van der Waals surface area contributed by atoms with Gasteiger partial charge in [0.2, 0.25) is 0 Å². The molecule has 0 atom stereocenters. The van der Waals surface area contributed by atoms with E-state index in [9.17, 15) is 0 Å². The standard InChI is InChI=1S/C46H29NOS/c1-4-15-30(16-5-1)33-23-12-24-36-37-25-13-26-38(46(37)49-45(33)36)39-29-40-43-41(47(31-17-6-2-7-18-31)32-19-8-3-9-20-32)27-14-28-42(43)48-44(40)35-22-11-10-21-34(35)39/h1-29H.